The molecule has 0 aliphatic carbocycles. The third kappa shape index (κ3) is 31.5. The molecule has 2 atom stereocenters. The quantitative estimate of drug-likeness (QED) is 0.0303. The Kier molecular flexibility index (Phi) is 32.0. The first kappa shape index (κ1) is 47.5. The number of carbonyl (C=O) groups is 3. The molecular weight excluding hydrogens is 630 g/mol. The minimum Gasteiger partial charge on any atom is -0.477 e. The lowest BCUT2D eigenvalue weighted by atomic mass is 10.1. The summed E-state index contributed by atoms with van der Waals surface area (Å²) in [5, 5.41) is 9.58. The van der Waals surface area contributed by atoms with Gasteiger partial charge in [0.25, 0.3) is 0 Å². The van der Waals surface area contributed by atoms with Crippen molar-refractivity contribution in [3.05, 3.63) is 36.5 Å². The molecule has 0 amide bonds. The zero-order valence-corrected chi connectivity index (χ0v) is 32.8. The van der Waals surface area contributed by atoms with Crippen molar-refractivity contribution in [2.75, 3.05) is 41.0 Å². The van der Waals surface area contributed by atoms with Crippen LogP contribution in [0.15, 0.2) is 36.5 Å². The van der Waals surface area contributed by atoms with Crippen LogP contribution < -0.4 is 0 Å². The van der Waals surface area contributed by atoms with Gasteiger partial charge in [0.15, 0.2) is 12.1 Å². The van der Waals surface area contributed by atoms with Crippen molar-refractivity contribution in [1.82, 2.24) is 0 Å². The van der Waals surface area contributed by atoms with Crippen LogP contribution >= 0.6 is 0 Å². The van der Waals surface area contributed by atoms with Crippen molar-refractivity contribution in [2.45, 2.75) is 174 Å². The molecule has 2 unspecified atom stereocenters. The Hall–Kier alpha value is -2.45. The Morgan fingerprint density at radius 2 is 1.08 bits per heavy atom. The van der Waals surface area contributed by atoms with Gasteiger partial charge in [-0.2, -0.15) is 0 Å². The van der Waals surface area contributed by atoms with Gasteiger partial charge in [0, 0.05) is 19.3 Å². The van der Waals surface area contributed by atoms with E-state index in [2.05, 4.69) is 50.3 Å². The van der Waals surface area contributed by atoms with Gasteiger partial charge in [-0.3, -0.25) is 9.59 Å². The summed E-state index contributed by atoms with van der Waals surface area (Å²) in [5.74, 6) is -1.54. The van der Waals surface area contributed by atoms with Gasteiger partial charge in [-0.25, -0.2) is 4.79 Å². The number of hydrogen-bond acceptors (Lipinski definition) is 6. The Morgan fingerprint density at radius 3 is 1.62 bits per heavy atom. The molecule has 0 aliphatic rings. The Labute approximate surface area is 306 Å². The minimum atomic E-state index is -0.884. The van der Waals surface area contributed by atoms with Gasteiger partial charge in [0.05, 0.1) is 34.4 Å². The number of unbranched alkanes of at least 4 members (excludes halogenated alkanes) is 15. The number of carbonyl (C=O) groups excluding carboxylic acids is 2. The molecule has 1 N–H and O–H groups in total. The third-order valence-electron chi connectivity index (χ3n) is 8.79. The summed E-state index contributed by atoms with van der Waals surface area (Å²) >= 11 is 0. The molecule has 0 radical (unpaired) electrons. The molecule has 8 nitrogen and oxygen atoms in total. The maximum absolute atomic E-state index is 12.6. The number of nitrogens with zero attached hydrogens (tertiary/aromatic N) is 1. The topological polar surface area (TPSA) is 99.1 Å². The van der Waals surface area contributed by atoms with Gasteiger partial charge in [-0.15, -0.1) is 0 Å². The highest BCUT2D eigenvalue weighted by atomic mass is 16.6. The van der Waals surface area contributed by atoms with Crippen LogP contribution in [0.2, 0.25) is 0 Å². The number of aliphatic carboxylic acids is 1. The lowest BCUT2D eigenvalue weighted by molar-refractivity contribution is -0.887. The molecule has 0 saturated carbocycles. The molecule has 0 saturated heterocycles. The maximum Gasteiger partial charge on any atom is 0.362 e. The molecule has 0 aromatic heterocycles. The molecule has 0 bridgehead atoms. The summed E-state index contributed by atoms with van der Waals surface area (Å²) in [5.41, 5.74) is 0. The average molecular weight is 707 g/mol. The highest BCUT2D eigenvalue weighted by Crippen LogP contribution is 2.13. The molecule has 0 aliphatic heterocycles. The first-order chi connectivity index (χ1) is 24.1. The van der Waals surface area contributed by atoms with E-state index in [-0.39, 0.29) is 42.7 Å². The van der Waals surface area contributed by atoms with Gasteiger partial charge in [0.2, 0.25) is 0 Å². The van der Waals surface area contributed by atoms with Crippen LogP contribution in [0.1, 0.15) is 162 Å². The second-order valence-electron chi connectivity index (χ2n) is 14.5. The fraction of sp³-hybridized carbons (Fsp3) is 0.786. The zero-order chi connectivity index (χ0) is 37.1. The predicted molar refractivity (Wildman–Crippen MR) is 206 cm³/mol. The van der Waals surface area contributed by atoms with Crippen LogP contribution in [0.3, 0.4) is 0 Å². The van der Waals surface area contributed by atoms with Crippen molar-refractivity contribution in [3.63, 3.8) is 0 Å². The number of quaternary nitrogens is 1. The van der Waals surface area contributed by atoms with E-state index in [0.717, 1.165) is 38.5 Å². The highest BCUT2D eigenvalue weighted by Gasteiger charge is 2.31. The van der Waals surface area contributed by atoms with Gasteiger partial charge in [-0.05, 0) is 44.9 Å². The molecule has 290 valence electrons. The summed E-state index contributed by atoms with van der Waals surface area (Å²) in [6.07, 6.45) is 36.3. The zero-order valence-electron chi connectivity index (χ0n) is 32.8. The molecule has 50 heavy (non-hydrogen) atoms. The second kappa shape index (κ2) is 33.7. The normalized spacial score (nSPS) is 13.4. The summed E-state index contributed by atoms with van der Waals surface area (Å²) in [6.45, 7) is 4.64. The molecule has 0 heterocycles. The average Bonchev–Trinajstić information content (AvgIpc) is 3.06. The van der Waals surface area contributed by atoms with Gasteiger partial charge in [0.1, 0.15) is 6.61 Å². The number of esters is 2. The molecule has 0 fully saturated rings. The van der Waals surface area contributed by atoms with E-state index in [9.17, 15) is 19.5 Å². The van der Waals surface area contributed by atoms with Crippen LogP contribution in [-0.2, 0) is 28.6 Å². The lowest BCUT2D eigenvalue weighted by Crippen LogP contribution is -2.50. The van der Waals surface area contributed by atoms with Gasteiger partial charge >= 0.3 is 17.9 Å². The van der Waals surface area contributed by atoms with E-state index in [4.69, 9.17) is 14.2 Å². The third-order valence-corrected chi connectivity index (χ3v) is 8.79. The second-order valence-corrected chi connectivity index (χ2v) is 14.5. The van der Waals surface area contributed by atoms with Crippen molar-refractivity contribution in [1.29, 1.82) is 0 Å². The molecule has 8 heteroatoms. The number of carboxylic acid groups (broad SMARTS) is 1. The molecule has 0 spiro atoms. The highest BCUT2D eigenvalue weighted by molar-refractivity contribution is 5.72. The summed E-state index contributed by atoms with van der Waals surface area (Å²) in [6, 6.07) is -0.620. The standard InChI is InChI=1S/C42H75NO7/c1-6-8-10-12-14-16-17-18-19-20-21-22-23-25-27-29-31-33-41(45)50-38(36-48-35-34-39(42(46)47)43(3,4)5)37-49-40(44)32-30-28-26-24-15-13-11-9-7-2/h18-19,21-22,25,27,38-39H,6-17,20,23-24,26,28-37H2,1-5H3/p+1/b19-18+,22-21+,27-25+. The van der Waals surface area contributed by atoms with Gasteiger partial charge in [-0.1, -0.05) is 134 Å². The van der Waals surface area contributed by atoms with Crippen molar-refractivity contribution in [2.24, 2.45) is 0 Å². The van der Waals surface area contributed by atoms with E-state index >= 15 is 0 Å². The predicted octanol–water partition coefficient (Wildman–Crippen LogP) is 10.3. The first-order valence-electron chi connectivity index (χ1n) is 20.0. The van der Waals surface area contributed by atoms with Crippen LogP contribution in [0.25, 0.3) is 0 Å². The number of hydrogen-bond donors (Lipinski definition) is 1. The molecule has 0 aromatic rings. The van der Waals surface area contributed by atoms with Crippen molar-refractivity contribution in [3.8, 4) is 0 Å². The smallest absolute Gasteiger partial charge is 0.362 e. The fourth-order valence-corrected chi connectivity index (χ4v) is 5.64. The van der Waals surface area contributed by atoms with Gasteiger partial charge < -0.3 is 23.8 Å². The number of rotatable bonds is 35. The summed E-state index contributed by atoms with van der Waals surface area (Å²) in [4.78, 5) is 36.7. The Balaban J connectivity index is 4.47. The SMILES string of the molecule is CCCCCCCC/C=C/C/C=C/C/C=C/CCCC(=O)OC(COCCC(C(=O)O)[N+](C)(C)C)COC(=O)CCCCCCCCCCC. The van der Waals surface area contributed by atoms with Crippen LogP contribution in [0.5, 0.6) is 0 Å². The van der Waals surface area contributed by atoms with E-state index in [0.29, 0.717) is 19.3 Å². The lowest BCUT2D eigenvalue weighted by Gasteiger charge is -2.31. The Morgan fingerprint density at radius 1 is 0.600 bits per heavy atom. The monoisotopic (exact) mass is 707 g/mol. The molecule has 0 aromatic carbocycles. The van der Waals surface area contributed by atoms with Crippen LogP contribution in [0.4, 0.5) is 0 Å². The number of likely N-dealkylation sites (N-methyl/N-ethyl adjacent to an activating group) is 1. The first-order valence-corrected chi connectivity index (χ1v) is 20.0. The van der Waals surface area contributed by atoms with Crippen LogP contribution in [-0.4, -0.2) is 80.6 Å². The van der Waals surface area contributed by atoms with Crippen molar-refractivity contribution >= 4 is 17.9 Å². The van der Waals surface area contributed by atoms with Crippen molar-refractivity contribution < 1.29 is 38.2 Å². The number of carboxylic acids is 1. The maximum atomic E-state index is 12.6. The number of allylic oxidation sites excluding steroid dienone is 6. The van der Waals surface area contributed by atoms with Crippen LogP contribution in [0, 0.1) is 0 Å². The molecular formula is C42H76NO7+. The summed E-state index contributed by atoms with van der Waals surface area (Å²) < 4.78 is 17.1. The summed E-state index contributed by atoms with van der Waals surface area (Å²) in [7, 11) is 5.50. The minimum absolute atomic E-state index is 0.0427. The van der Waals surface area contributed by atoms with E-state index in [1.807, 2.05) is 21.1 Å². The largest absolute Gasteiger partial charge is 0.477 e. The number of ether oxygens (including phenoxy) is 3. The van der Waals surface area contributed by atoms with E-state index in [1.54, 1.807) is 0 Å². The molecule has 0 rings (SSSR count). The van der Waals surface area contributed by atoms with E-state index in [1.165, 1.54) is 83.5 Å². The Bertz CT molecular complexity index is 922. The van der Waals surface area contributed by atoms with E-state index < -0.39 is 18.1 Å². The fourth-order valence-electron chi connectivity index (χ4n) is 5.64.